The summed E-state index contributed by atoms with van der Waals surface area (Å²) in [7, 11) is -3.80. The Morgan fingerprint density at radius 3 is 2.52 bits per heavy atom. The van der Waals surface area contributed by atoms with Crippen LogP contribution in [0.3, 0.4) is 0 Å². The molecule has 126 valence electrons. The van der Waals surface area contributed by atoms with Crippen LogP contribution in [0, 0.1) is 11.3 Å². The maximum Gasteiger partial charge on any atom is 0.238 e. The Balaban J connectivity index is 2.15. The molecule has 1 heterocycles. The van der Waals surface area contributed by atoms with Gasteiger partial charge in [-0.3, -0.25) is 4.90 Å². The standard InChI is InChI=1S/C15H22N4O3S/c1-2-13(20)11-18-5-7-19(8-6-18)15-9-14(23(17,21)22)4-3-12(15)10-16/h3-4,9,13,20H,2,5-8,11H2,1H3,(H2,17,21,22). The molecule has 0 aliphatic carbocycles. The van der Waals surface area contributed by atoms with Crippen LogP contribution in [-0.2, 0) is 10.0 Å². The van der Waals surface area contributed by atoms with E-state index in [1.807, 2.05) is 11.8 Å². The molecule has 1 aliphatic rings. The molecule has 1 fully saturated rings. The molecule has 1 aromatic carbocycles. The van der Waals surface area contributed by atoms with Crippen LogP contribution in [0.4, 0.5) is 5.69 Å². The molecule has 0 saturated carbocycles. The summed E-state index contributed by atoms with van der Waals surface area (Å²) < 4.78 is 23.0. The summed E-state index contributed by atoms with van der Waals surface area (Å²) in [6.07, 6.45) is 0.386. The van der Waals surface area contributed by atoms with E-state index >= 15 is 0 Å². The molecule has 1 aromatic rings. The van der Waals surface area contributed by atoms with E-state index in [9.17, 15) is 18.8 Å². The molecule has 3 N–H and O–H groups in total. The Morgan fingerprint density at radius 2 is 2.00 bits per heavy atom. The van der Waals surface area contributed by atoms with E-state index in [1.54, 1.807) is 0 Å². The van der Waals surface area contributed by atoms with E-state index in [4.69, 9.17) is 5.14 Å². The highest BCUT2D eigenvalue weighted by molar-refractivity contribution is 7.89. The van der Waals surface area contributed by atoms with Crippen LogP contribution in [0.15, 0.2) is 23.1 Å². The van der Waals surface area contributed by atoms with E-state index in [2.05, 4.69) is 11.0 Å². The van der Waals surface area contributed by atoms with Crippen molar-refractivity contribution in [3.8, 4) is 6.07 Å². The summed E-state index contributed by atoms with van der Waals surface area (Å²) in [6.45, 7) is 5.41. The van der Waals surface area contributed by atoms with Gasteiger partial charge in [-0.15, -0.1) is 0 Å². The number of nitrogens with two attached hydrogens (primary N) is 1. The van der Waals surface area contributed by atoms with Crippen LogP contribution < -0.4 is 10.0 Å². The van der Waals surface area contributed by atoms with Gasteiger partial charge in [-0.1, -0.05) is 6.92 Å². The number of aliphatic hydroxyl groups excluding tert-OH is 1. The Bertz CT molecular complexity index is 691. The molecule has 7 nitrogen and oxygen atoms in total. The van der Waals surface area contributed by atoms with Gasteiger partial charge in [0.2, 0.25) is 10.0 Å². The summed E-state index contributed by atoms with van der Waals surface area (Å²) in [4.78, 5) is 4.16. The van der Waals surface area contributed by atoms with Crippen molar-refractivity contribution in [1.29, 1.82) is 5.26 Å². The van der Waals surface area contributed by atoms with Crippen molar-refractivity contribution in [2.24, 2.45) is 5.14 Å². The number of benzene rings is 1. The minimum absolute atomic E-state index is 0.00957. The number of anilines is 1. The van der Waals surface area contributed by atoms with Gasteiger partial charge in [0, 0.05) is 32.7 Å². The fourth-order valence-corrected chi connectivity index (χ4v) is 3.18. The molecule has 1 saturated heterocycles. The smallest absolute Gasteiger partial charge is 0.238 e. The summed E-state index contributed by atoms with van der Waals surface area (Å²) in [6, 6.07) is 6.40. The third-order valence-electron chi connectivity index (χ3n) is 4.07. The lowest BCUT2D eigenvalue weighted by molar-refractivity contribution is 0.106. The van der Waals surface area contributed by atoms with Crippen LogP contribution in [-0.4, -0.2) is 57.3 Å². The molecule has 2 rings (SSSR count). The molecule has 8 heteroatoms. The number of hydrogen-bond donors (Lipinski definition) is 2. The lowest BCUT2D eigenvalue weighted by Gasteiger charge is -2.37. The molecular formula is C15H22N4O3S. The highest BCUT2D eigenvalue weighted by Crippen LogP contribution is 2.25. The SMILES string of the molecule is CCC(O)CN1CCN(c2cc(S(N)(=O)=O)ccc2C#N)CC1. The highest BCUT2D eigenvalue weighted by Gasteiger charge is 2.22. The summed E-state index contributed by atoms with van der Waals surface area (Å²) in [5.41, 5.74) is 1.02. The number of nitrogens with zero attached hydrogens (tertiary/aromatic N) is 3. The number of aliphatic hydroxyl groups is 1. The maximum absolute atomic E-state index is 11.5. The zero-order chi connectivity index (χ0) is 17.0. The van der Waals surface area contributed by atoms with Crippen molar-refractivity contribution in [2.45, 2.75) is 24.3 Å². The molecule has 0 spiro atoms. The van der Waals surface area contributed by atoms with Crippen LogP contribution in [0.25, 0.3) is 0 Å². The van der Waals surface area contributed by atoms with Crippen LogP contribution in [0.5, 0.6) is 0 Å². The Labute approximate surface area is 137 Å². The van der Waals surface area contributed by atoms with Gasteiger partial charge in [0.15, 0.2) is 0 Å². The fourth-order valence-electron chi connectivity index (χ4n) is 2.64. The predicted molar refractivity (Wildman–Crippen MR) is 87.5 cm³/mol. The van der Waals surface area contributed by atoms with Crippen LogP contribution in [0.2, 0.25) is 0 Å². The van der Waals surface area contributed by atoms with Gasteiger partial charge in [-0.05, 0) is 24.6 Å². The zero-order valence-corrected chi connectivity index (χ0v) is 14.0. The van der Waals surface area contributed by atoms with Gasteiger partial charge in [0.25, 0.3) is 0 Å². The maximum atomic E-state index is 11.5. The Hall–Kier alpha value is -1.66. The fraction of sp³-hybridized carbons (Fsp3) is 0.533. The molecule has 0 aromatic heterocycles. The number of sulfonamides is 1. The van der Waals surface area contributed by atoms with Gasteiger partial charge in [0.05, 0.1) is 22.3 Å². The molecule has 0 radical (unpaired) electrons. The van der Waals surface area contributed by atoms with E-state index in [-0.39, 0.29) is 11.0 Å². The number of hydrogen-bond acceptors (Lipinski definition) is 6. The number of nitriles is 1. The average molecular weight is 338 g/mol. The van der Waals surface area contributed by atoms with Crippen molar-refractivity contribution in [1.82, 2.24) is 4.90 Å². The van der Waals surface area contributed by atoms with Gasteiger partial charge >= 0.3 is 0 Å². The van der Waals surface area contributed by atoms with Crippen molar-refractivity contribution >= 4 is 15.7 Å². The molecule has 0 bridgehead atoms. The second-order valence-electron chi connectivity index (χ2n) is 5.69. The molecule has 1 unspecified atom stereocenters. The van der Waals surface area contributed by atoms with E-state index < -0.39 is 10.0 Å². The lowest BCUT2D eigenvalue weighted by atomic mass is 10.1. The highest BCUT2D eigenvalue weighted by atomic mass is 32.2. The summed E-state index contributed by atoms with van der Waals surface area (Å²) in [5, 5.41) is 24.1. The second kappa shape index (κ2) is 7.27. The first-order chi connectivity index (χ1) is 10.8. The number of rotatable bonds is 5. The summed E-state index contributed by atoms with van der Waals surface area (Å²) in [5.74, 6) is 0. The Morgan fingerprint density at radius 1 is 1.35 bits per heavy atom. The topological polar surface area (TPSA) is 111 Å². The third kappa shape index (κ3) is 4.42. The summed E-state index contributed by atoms with van der Waals surface area (Å²) >= 11 is 0. The second-order valence-corrected chi connectivity index (χ2v) is 7.25. The average Bonchev–Trinajstić information content (AvgIpc) is 2.54. The first kappa shape index (κ1) is 17.7. The predicted octanol–water partition coefficient (Wildman–Crippen LogP) is 0.0986. The van der Waals surface area contributed by atoms with Crippen LogP contribution in [0.1, 0.15) is 18.9 Å². The van der Waals surface area contributed by atoms with Crippen molar-refractivity contribution in [2.75, 3.05) is 37.6 Å². The van der Waals surface area contributed by atoms with Crippen molar-refractivity contribution in [3.63, 3.8) is 0 Å². The lowest BCUT2D eigenvalue weighted by Crippen LogP contribution is -2.48. The molecular weight excluding hydrogens is 316 g/mol. The van der Waals surface area contributed by atoms with Gasteiger partial charge in [0.1, 0.15) is 6.07 Å². The molecule has 1 atom stereocenters. The first-order valence-corrected chi connectivity index (χ1v) is 9.12. The molecule has 0 amide bonds. The van der Waals surface area contributed by atoms with E-state index in [0.29, 0.717) is 30.9 Å². The monoisotopic (exact) mass is 338 g/mol. The minimum atomic E-state index is -3.80. The molecule has 1 aliphatic heterocycles. The first-order valence-electron chi connectivity index (χ1n) is 7.57. The van der Waals surface area contributed by atoms with Gasteiger partial charge < -0.3 is 10.0 Å². The largest absolute Gasteiger partial charge is 0.392 e. The van der Waals surface area contributed by atoms with Crippen LogP contribution >= 0.6 is 0 Å². The number of primary sulfonamides is 1. The zero-order valence-electron chi connectivity index (χ0n) is 13.1. The van der Waals surface area contributed by atoms with Crippen molar-refractivity contribution < 1.29 is 13.5 Å². The van der Waals surface area contributed by atoms with E-state index in [0.717, 1.165) is 19.5 Å². The Kier molecular flexibility index (Phi) is 5.59. The van der Waals surface area contributed by atoms with Gasteiger partial charge in [-0.25, -0.2) is 13.6 Å². The number of β-amino-alcohol motifs (C(OH)–C–C–N with tert-alkyl or cyclic N) is 1. The minimum Gasteiger partial charge on any atom is -0.392 e. The number of piperazine rings is 1. The molecule has 23 heavy (non-hydrogen) atoms. The van der Waals surface area contributed by atoms with E-state index in [1.165, 1.54) is 18.2 Å². The third-order valence-corrected chi connectivity index (χ3v) is 4.98. The van der Waals surface area contributed by atoms with Gasteiger partial charge in [-0.2, -0.15) is 5.26 Å². The quantitative estimate of drug-likeness (QED) is 0.788. The van der Waals surface area contributed by atoms with Crippen molar-refractivity contribution in [3.05, 3.63) is 23.8 Å². The normalized spacial score (nSPS) is 17.7.